The van der Waals surface area contributed by atoms with Crippen molar-refractivity contribution in [2.75, 3.05) is 24.6 Å². The Bertz CT molecular complexity index is 1740. The van der Waals surface area contributed by atoms with Gasteiger partial charge in [-0.15, -0.1) is 0 Å². The van der Waals surface area contributed by atoms with Crippen LogP contribution in [0.2, 0.25) is 0 Å². The molecule has 0 spiro atoms. The van der Waals surface area contributed by atoms with Crippen LogP contribution >= 0.6 is 0 Å². The summed E-state index contributed by atoms with van der Waals surface area (Å²) in [6.07, 6.45) is 0.0755. The molecule has 0 atom stereocenters. The number of benzene rings is 2. The summed E-state index contributed by atoms with van der Waals surface area (Å²) in [6.45, 7) is 4.89. The van der Waals surface area contributed by atoms with E-state index in [1.54, 1.807) is 17.6 Å². The molecule has 1 aliphatic heterocycles. The summed E-state index contributed by atoms with van der Waals surface area (Å²) in [4.78, 5) is -1.24. The zero-order valence-electron chi connectivity index (χ0n) is 20.0. The molecule has 3 rings (SSSR count). The average Bonchev–Trinajstić information content (AvgIpc) is 2.90. The highest BCUT2D eigenvalue weighted by molar-refractivity contribution is 7.90. The lowest BCUT2D eigenvalue weighted by atomic mass is 9.80. The molecular weight excluding hydrogens is 572 g/mol. The monoisotopic (exact) mass is 599 g/mol. The van der Waals surface area contributed by atoms with E-state index in [2.05, 4.69) is 0 Å². The molecule has 13 nitrogen and oxygen atoms in total. The molecule has 2 aromatic carbocycles. The molecule has 0 amide bonds. The highest BCUT2D eigenvalue weighted by atomic mass is 32.2. The van der Waals surface area contributed by atoms with E-state index in [-0.39, 0.29) is 23.7 Å². The fourth-order valence-electron chi connectivity index (χ4n) is 4.39. The quantitative estimate of drug-likeness (QED) is 0.223. The minimum absolute atomic E-state index is 0.0755. The van der Waals surface area contributed by atoms with Gasteiger partial charge in [0.1, 0.15) is 6.54 Å². The van der Waals surface area contributed by atoms with Crippen molar-refractivity contribution in [2.45, 2.75) is 42.4 Å². The SMILES string of the molecule is CC1=[N+](CCCS(=O)(=O)O)c2ccc3c(S(=O)(=O)NCCS(=O)(=O)O)cc(S(=O)(=O)O)cc3c2C1(C)C. The van der Waals surface area contributed by atoms with Gasteiger partial charge in [0.05, 0.1) is 26.7 Å². The Morgan fingerprint density at radius 3 is 2.00 bits per heavy atom. The van der Waals surface area contributed by atoms with Gasteiger partial charge in [0, 0.05) is 36.9 Å². The first-order chi connectivity index (χ1) is 16.7. The van der Waals surface area contributed by atoms with E-state index in [0.717, 1.165) is 17.8 Å². The van der Waals surface area contributed by atoms with E-state index in [1.807, 2.05) is 18.6 Å². The minimum atomic E-state index is -4.88. The summed E-state index contributed by atoms with van der Waals surface area (Å²) in [5.41, 5.74) is 1.04. The predicted octanol–water partition coefficient (Wildman–Crippen LogP) is 0.927. The summed E-state index contributed by atoms with van der Waals surface area (Å²) >= 11 is 0. The van der Waals surface area contributed by atoms with E-state index in [9.17, 15) is 38.2 Å². The summed E-state index contributed by atoms with van der Waals surface area (Å²) < 4.78 is 126. The van der Waals surface area contributed by atoms with Crippen LogP contribution in [0, 0.1) is 0 Å². The topological polar surface area (TPSA) is 212 Å². The van der Waals surface area contributed by atoms with Gasteiger partial charge in [-0.3, -0.25) is 13.7 Å². The molecule has 0 aliphatic carbocycles. The van der Waals surface area contributed by atoms with Gasteiger partial charge in [0.2, 0.25) is 15.7 Å². The van der Waals surface area contributed by atoms with E-state index in [1.165, 1.54) is 6.07 Å². The minimum Gasteiger partial charge on any atom is -0.286 e. The first kappa shape index (κ1) is 29.6. The van der Waals surface area contributed by atoms with Crippen molar-refractivity contribution in [3.63, 3.8) is 0 Å². The molecule has 0 unspecified atom stereocenters. The lowest BCUT2D eigenvalue weighted by Crippen LogP contribution is -2.29. The number of sulfonamides is 1. The van der Waals surface area contributed by atoms with Gasteiger partial charge < -0.3 is 0 Å². The Kier molecular flexibility index (Phi) is 7.70. The smallest absolute Gasteiger partial charge is 0.286 e. The Morgan fingerprint density at radius 2 is 1.46 bits per heavy atom. The van der Waals surface area contributed by atoms with Crippen LogP contribution in [0.1, 0.15) is 32.8 Å². The van der Waals surface area contributed by atoms with Crippen LogP contribution in [0.25, 0.3) is 10.8 Å². The molecular formula is C20H27N2O11S4+. The van der Waals surface area contributed by atoms with Gasteiger partial charge in [0.25, 0.3) is 30.4 Å². The highest BCUT2D eigenvalue weighted by Gasteiger charge is 2.44. The molecule has 206 valence electrons. The summed E-state index contributed by atoms with van der Waals surface area (Å²) in [6, 6.07) is 4.90. The molecule has 2 aromatic rings. The molecule has 0 radical (unpaired) electrons. The second-order valence-electron chi connectivity index (χ2n) is 9.14. The summed E-state index contributed by atoms with van der Waals surface area (Å²) in [5.74, 6) is -1.40. The maximum Gasteiger partial charge on any atom is 0.294 e. The summed E-state index contributed by atoms with van der Waals surface area (Å²) in [7, 11) is -18.1. The second kappa shape index (κ2) is 9.64. The van der Waals surface area contributed by atoms with Gasteiger partial charge in [-0.1, -0.05) is 0 Å². The molecule has 1 heterocycles. The van der Waals surface area contributed by atoms with Crippen molar-refractivity contribution in [2.24, 2.45) is 0 Å². The maximum absolute atomic E-state index is 13.1. The summed E-state index contributed by atoms with van der Waals surface area (Å²) in [5, 5.41) is 0.274. The number of hydrogen-bond donors (Lipinski definition) is 4. The Morgan fingerprint density at radius 1 is 0.865 bits per heavy atom. The van der Waals surface area contributed by atoms with Crippen molar-refractivity contribution in [3.05, 3.63) is 29.8 Å². The lowest BCUT2D eigenvalue weighted by Gasteiger charge is -2.19. The number of rotatable bonds is 10. The molecule has 37 heavy (non-hydrogen) atoms. The van der Waals surface area contributed by atoms with Crippen molar-refractivity contribution >= 4 is 62.5 Å². The molecule has 17 heteroatoms. The van der Waals surface area contributed by atoms with Gasteiger partial charge in [0.15, 0.2) is 5.71 Å². The van der Waals surface area contributed by atoms with E-state index in [0.29, 0.717) is 11.3 Å². The number of hydrogen-bond acceptors (Lipinski definition) is 8. The molecule has 0 aromatic heterocycles. The van der Waals surface area contributed by atoms with Gasteiger partial charge in [-0.2, -0.15) is 29.8 Å². The first-order valence-corrected chi connectivity index (χ1v) is 16.9. The zero-order chi connectivity index (χ0) is 28.2. The van der Waals surface area contributed by atoms with Crippen molar-refractivity contribution < 1.29 is 51.9 Å². The first-order valence-electron chi connectivity index (χ1n) is 10.8. The fourth-order valence-corrected chi connectivity index (χ4v) is 7.26. The Hall–Kier alpha value is -1.99. The maximum atomic E-state index is 13.1. The number of nitrogens with one attached hydrogen (secondary N) is 1. The van der Waals surface area contributed by atoms with Crippen LogP contribution in [-0.2, 0) is 45.8 Å². The molecule has 0 saturated carbocycles. The van der Waals surface area contributed by atoms with E-state index in [4.69, 9.17) is 9.11 Å². The third-order valence-corrected chi connectivity index (χ3v) is 10.2. The van der Waals surface area contributed by atoms with Gasteiger partial charge >= 0.3 is 0 Å². The van der Waals surface area contributed by atoms with Crippen molar-refractivity contribution in [3.8, 4) is 0 Å². The normalized spacial score (nSPS) is 16.4. The largest absolute Gasteiger partial charge is 0.294 e. The van der Waals surface area contributed by atoms with Gasteiger partial charge in [-0.05, 0) is 37.4 Å². The number of nitrogens with zero attached hydrogens (tertiary/aromatic N) is 1. The fraction of sp³-hybridized carbons (Fsp3) is 0.450. The molecule has 0 fully saturated rings. The van der Waals surface area contributed by atoms with Crippen LogP contribution in [0.15, 0.2) is 34.1 Å². The zero-order valence-corrected chi connectivity index (χ0v) is 23.3. The Labute approximate surface area is 215 Å². The van der Waals surface area contributed by atoms with Gasteiger partial charge in [-0.25, -0.2) is 13.1 Å². The molecule has 4 N–H and O–H groups in total. The molecule has 0 saturated heterocycles. The standard InChI is InChI=1S/C20H26N2O11S4/c1-13-20(2,3)19-16-11-14(37(31,32)33)12-18(36(29,30)21-7-10-35(26,27)28)15(16)5-6-17(19)22(13)8-4-9-34(23,24)25/h5-6,11-12,21H,4,7-10H2,1-3H3,(H2-,23,24,25,26,27,28,31,32,33)/p+1. The second-order valence-corrected chi connectivity index (χ2v) is 15.4. The van der Waals surface area contributed by atoms with Crippen molar-refractivity contribution in [1.29, 1.82) is 0 Å². The van der Waals surface area contributed by atoms with E-state index < -0.39 is 73.6 Å². The predicted molar refractivity (Wildman–Crippen MR) is 135 cm³/mol. The highest BCUT2D eigenvalue weighted by Crippen LogP contribution is 2.45. The van der Waals surface area contributed by atoms with E-state index >= 15 is 0 Å². The Balaban J connectivity index is 2.25. The third-order valence-electron chi connectivity index (χ3n) is 6.30. The van der Waals surface area contributed by atoms with Crippen LogP contribution in [0.4, 0.5) is 5.69 Å². The molecule has 0 bridgehead atoms. The van der Waals surface area contributed by atoms with Crippen LogP contribution in [-0.4, -0.2) is 82.2 Å². The lowest BCUT2D eigenvalue weighted by molar-refractivity contribution is -0.438. The van der Waals surface area contributed by atoms with Crippen molar-refractivity contribution in [1.82, 2.24) is 4.72 Å². The third kappa shape index (κ3) is 6.36. The van der Waals surface area contributed by atoms with Crippen LogP contribution in [0.3, 0.4) is 0 Å². The molecule has 1 aliphatic rings. The average molecular weight is 600 g/mol. The van der Waals surface area contributed by atoms with Crippen LogP contribution < -0.4 is 4.72 Å². The number of fused-ring (bicyclic) bond motifs is 3. The van der Waals surface area contributed by atoms with Crippen LogP contribution in [0.5, 0.6) is 0 Å².